The summed E-state index contributed by atoms with van der Waals surface area (Å²) in [5.41, 5.74) is 7.94. The van der Waals surface area contributed by atoms with E-state index in [4.69, 9.17) is 9.47 Å². The smallest absolute Gasteiger partial charge is 0.340 e. The number of benzene rings is 3. The molecule has 9 atom stereocenters. The van der Waals surface area contributed by atoms with Crippen molar-refractivity contribution in [3.05, 3.63) is 130 Å². The fraction of sp³-hybridized carbons (Fsp3) is 0.509. The first kappa shape index (κ1) is 45.0. The van der Waals surface area contributed by atoms with Crippen molar-refractivity contribution >= 4 is 17.5 Å². The van der Waals surface area contributed by atoms with E-state index in [2.05, 4.69) is 83.6 Å². The Kier molecular flexibility index (Phi) is 12.8. The third-order valence-electron chi connectivity index (χ3n) is 17.3. The number of cyclic esters (lactones) is 2. The van der Waals surface area contributed by atoms with Gasteiger partial charge in [0.15, 0.2) is 0 Å². The maximum atomic E-state index is 15.0. The number of aliphatic hydroxyl groups excluding tert-OH is 1. The number of hydrogen-bond acceptors (Lipinski definition) is 9. The zero-order valence-electron chi connectivity index (χ0n) is 39.2. The molecule has 66 heavy (non-hydrogen) atoms. The molecule has 3 aliphatic heterocycles. The molecule has 1 spiro atoms. The molecule has 2 bridgehead atoms. The van der Waals surface area contributed by atoms with E-state index in [0.717, 1.165) is 135 Å². The summed E-state index contributed by atoms with van der Waals surface area (Å²) in [6.45, 7) is 4.14. The summed E-state index contributed by atoms with van der Waals surface area (Å²) in [6, 6.07) is 24.6. The van der Waals surface area contributed by atoms with Crippen molar-refractivity contribution in [1.29, 1.82) is 0 Å². The van der Waals surface area contributed by atoms with Crippen molar-refractivity contribution in [2.75, 3.05) is 27.2 Å². The molecule has 9 nitrogen and oxygen atoms in total. The summed E-state index contributed by atoms with van der Waals surface area (Å²) in [6.07, 6.45) is 18.0. The van der Waals surface area contributed by atoms with Crippen molar-refractivity contribution in [2.45, 2.75) is 110 Å². The Morgan fingerprint density at radius 1 is 0.909 bits per heavy atom. The van der Waals surface area contributed by atoms with Crippen LogP contribution in [0.5, 0.6) is 5.75 Å². The normalized spacial score (nSPS) is 31.9. The highest BCUT2D eigenvalue weighted by atomic mass is 16.5. The Balaban J connectivity index is 1.10. The minimum absolute atomic E-state index is 0.0152. The molecule has 0 unspecified atom stereocenters. The van der Waals surface area contributed by atoms with Gasteiger partial charge in [0.25, 0.3) is 0 Å². The maximum absolute atomic E-state index is 15.0. The predicted octanol–water partition coefficient (Wildman–Crippen LogP) is 9.91. The van der Waals surface area contributed by atoms with Crippen molar-refractivity contribution in [2.24, 2.45) is 46.3 Å². The molecular formula is C57H69N3O6. The predicted molar refractivity (Wildman–Crippen MR) is 258 cm³/mol. The van der Waals surface area contributed by atoms with Crippen molar-refractivity contribution < 1.29 is 29.3 Å². The number of fused-ring (bicyclic) bond motifs is 1. The number of nitrogens with one attached hydrogen (secondary N) is 3. The van der Waals surface area contributed by atoms with E-state index in [1.165, 1.54) is 12.0 Å². The standard InChI is InChI=1S/C57H69N3O6/c1-4-35(28-36-10-6-5-7-11-36)30-48-57-25-20-43(50(53(57)55(64)66-48)46-32-41(62)15-16-42(46)39-14-8-12-38(29-39)34-58-2)44-17-18-45-47(65-54(63)51(45)52(44)57)21-24-56(23-19-37(33-56)13-9-27-61)40-22-26-60-49(31-40)59-3/h5-8,10-12,14-16,21,29-30,32,35,37,40,43-44,49,52,58-62H,4,9,13,17-20,22-28,31,33-34H2,1-3H3/b47-21?,48-30-/t35-,37-,40+,43+,44-,49-,52+,56+,57+/m0/s1. The van der Waals surface area contributed by atoms with Crippen molar-refractivity contribution in [3.8, 4) is 16.9 Å². The Bertz CT molecular complexity index is 2470. The lowest BCUT2D eigenvalue weighted by Crippen LogP contribution is -2.52. The molecule has 5 aliphatic carbocycles. The molecule has 11 rings (SSSR count). The van der Waals surface area contributed by atoms with E-state index >= 15 is 4.79 Å². The molecule has 5 N–H and O–H groups in total. The van der Waals surface area contributed by atoms with E-state index in [0.29, 0.717) is 29.6 Å². The van der Waals surface area contributed by atoms with Gasteiger partial charge in [0.1, 0.15) is 17.3 Å². The summed E-state index contributed by atoms with van der Waals surface area (Å²) in [7, 11) is 3.99. The molecule has 4 fully saturated rings. The van der Waals surface area contributed by atoms with E-state index in [1.807, 2.05) is 32.3 Å². The first-order chi connectivity index (χ1) is 32.2. The van der Waals surface area contributed by atoms with Gasteiger partial charge in [-0.25, -0.2) is 9.59 Å². The number of phenolic OH excluding ortho intramolecular Hbond substituents is 1. The number of allylic oxidation sites excluding steroid dienone is 5. The number of phenols is 1. The molecule has 0 amide bonds. The molecule has 3 aromatic carbocycles. The number of aliphatic hydroxyl groups is 1. The van der Waals surface area contributed by atoms with Crippen LogP contribution in [-0.4, -0.2) is 55.6 Å². The monoisotopic (exact) mass is 892 g/mol. The lowest BCUT2D eigenvalue weighted by atomic mass is 9.44. The second-order valence-electron chi connectivity index (χ2n) is 20.7. The van der Waals surface area contributed by atoms with Crippen LogP contribution in [0.3, 0.4) is 0 Å². The molecule has 348 valence electrons. The average Bonchev–Trinajstić information content (AvgIpc) is 4.01. The van der Waals surface area contributed by atoms with Gasteiger partial charge in [-0.3, -0.25) is 0 Å². The second-order valence-corrected chi connectivity index (χ2v) is 20.7. The molecule has 3 aromatic rings. The number of ether oxygens (including phenoxy) is 2. The largest absolute Gasteiger partial charge is 0.508 e. The molecule has 3 heterocycles. The number of rotatable bonds is 15. The zero-order valence-corrected chi connectivity index (χ0v) is 39.2. The van der Waals surface area contributed by atoms with E-state index < -0.39 is 5.41 Å². The molecule has 2 saturated carbocycles. The molecule has 9 heteroatoms. The lowest BCUT2D eigenvalue weighted by molar-refractivity contribution is -0.135. The fourth-order valence-corrected chi connectivity index (χ4v) is 14.3. The fourth-order valence-electron chi connectivity index (χ4n) is 14.3. The average molecular weight is 892 g/mol. The van der Waals surface area contributed by atoms with Crippen LogP contribution in [0.4, 0.5) is 0 Å². The Morgan fingerprint density at radius 2 is 1.76 bits per heavy atom. The number of carbonyl (C=O) groups is 2. The van der Waals surface area contributed by atoms with Crippen LogP contribution in [0.2, 0.25) is 0 Å². The van der Waals surface area contributed by atoms with Crippen LogP contribution in [0.1, 0.15) is 107 Å². The molecule has 8 aliphatic rings. The Hall–Kier alpha value is -4.80. The van der Waals surface area contributed by atoms with Gasteiger partial charge in [-0.05, 0) is 209 Å². The van der Waals surface area contributed by atoms with Gasteiger partial charge in [-0.15, -0.1) is 0 Å². The highest BCUT2D eigenvalue weighted by molar-refractivity contribution is 6.07. The quantitative estimate of drug-likeness (QED) is 0.0948. The summed E-state index contributed by atoms with van der Waals surface area (Å²) in [5.74, 6) is 2.02. The molecule has 0 aromatic heterocycles. The number of aromatic hydroxyl groups is 1. The summed E-state index contributed by atoms with van der Waals surface area (Å²) in [5, 5.41) is 31.4. The van der Waals surface area contributed by atoms with Crippen LogP contribution in [0.25, 0.3) is 16.7 Å². The van der Waals surface area contributed by atoms with Crippen LogP contribution < -0.4 is 16.0 Å². The van der Waals surface area contributed by atoms with Crippen LogP contribution >= 0.6 is 0 Å². The number of carbonyl (C=O) groups excluding carboxylic acids is 2. The van der Waals surface area contributed by atoms with Crippen molar-refractivity contribution in [3.63, 3.8) is 0 Å². The van der Waals surface area contributed by atoms with Gasteiger partial charge in [0.05, 0.1) is 17.2 Å². The number of esters is 2. The highest BCUT2D eigenvalue weighted by Gasteiger charge is 2.68. The first-order valence-electron chi connectivity index (χ1n) is 25.2. The number of piperidine rings is 1. The van der Waals surface area contributed by atoms with Crippen LogP contribution in [0, 0.1) is 46.3 Å². The zero-order chi connectivity index (χ0) is 45.6. The van der Waals surface area contributed by atoms with Crippen LogP contribution in [-0.2, 0) is 32.0 Å². The Labute approximate surface area is 391 Å². The minimum atomic E-state index is -0.855. The molecule has 0 radical (unpaired) electrons. The summed E-state index contributed by atoms with van der Waals surface area (Å²) < 4.78 is 13.2. The topological polar surface area (TPSA) is 129 Å². The maximum Gasteiger partial charge on any atom is 0.340 e. The Morgan fingerprint density at radius 3 is 2.56 bits per heavy atom. The lowest BCUT2D eigenvalue weighted by Gasteiger charge is -2.56. The number of hydrogen-bond donors (Lipinski definition) is 5. The molecule has 2 saturated heterocycles. The summed E-state index contributed by atoms with van der Waals surface area (Å²) >= 11 is 0. The van der Waals surface area contributed by atoms with Gasteiger partial charge < -0.3 is 35.6 Å². The van der Waals surface area contributed by atoms with Gasteiger partial charge >= 0.3 is 11.9 Å². The minimum Gasteiger partial charge on any atom is -0.508 e. The SMILES string of the molecule is CC[C@H](/C=C1\OC(=O)C2=C(c3cc(O)ccc3-c3cccc(CNC)c3)[C@@H]3CC[C@@]21[C@H]1C2=C(CC[C@@H]31)C(=CC[C@]1([C@@H]3CCN[C@H](NC)C3)CC[C@H](CCCO)C1)OC2=O)Cc1ccccc1. The highest BCUT2D eigenvalue weighted by Crippen LogP contribution is 2.72. The third-order valence-corrected chi connectivity index (χ3v) is 17.3. The van der Waals surface area contributed by atoms with Gasteiger partial charge in [0, 0.05) is 30.2 Å². The first-order valence-corrected chi connectivity index (χ1v) is 25.2. The van der Waals surface area contributed by atoms with E-state index in [1.54, 1.807) is 6.07 Å². The van der Waals surface area contributed by atoms with Gasteiger partial charge in [-0.2, -0.15) is 0 Å². The van der Waals surface area contributed by atoms with Crippen molar-refractivity contribution in [1.82, 2.24) is 16.0 Å². The van der Waals surface area contributed by atoms with Gasteiger partial charge in [0.2, 0.25) is 0 Å². The summed E-state index contributed by atoms with van der Waals surface area (Å²) in [4.78, 5) is 29.8. The second kappa shape index (κ2) is 18.7. The van der Waals surface area contributed by atoms with E-state index in [-0.39, 0.29) is 59.5 Å². The molecular weight excluding hydrogens is 823 g/mol. The van der Waals surface area contributed by atoms with E-state index in [9.17, 15) is 15.0 Å². The van der Waals surface area contributed by atoms with Crippen LogP contribution in [0.15, 0.2) is 113 Å². The van der Waals surface area contributed by atoms with Gasteiger partial charge in [-0.1, -0.05) is 61.5 Å². The third kappa shape index (κ3) is 7.91.